The van der Waals surface area contributed by atoms with Crippen LogP contribution in [0.15, 0.2) is 52.4 Å². The number of nitrogens with two attached hydrogens (primary N) is 1. The van der Waals surface area contributed by atoms with Crippen molar-refractivity contribution in [3.05, 3.63) is 52.9 Å². The van der Waals surface area contributed by atoms with E-state index < -0.39 is 5.91 Å². The standard InChI is InChI=1S/C22H24N4O4S.CH2O/c1-4-29-18-11-14(5-10-17(18)30-13-20(23)27)12-19-21(28)26(3)22(31-19)25-16-8-6-15(24-2)7-9-16;1-2/h5-12,24H,4,13H2,1-3H3,(H2,23,27);1H2. The second-order valence-corrected chi connectivity index (χ2v) is 7.57. The number of carbonyl (C=O) groups is 3. The fourth-order valence-electron chi connectivity index (χ4n) is 2.77. The molecule has 3 rings (SSSR count). The van der Waals surface area contributed by atoms with Gasteiger partial charge in [-0.1, -0.05) is 6.07 Å². The number of rotatable bonds is 8. The Morgan fingerprint density at radius 2 is 1.88 bits per heavy atom. The molecule has 1 heterocycles. The second kappa shape index (κ2) is 12.3. The molecule has 3 N–H and O–H groups in total. The molecular weight excluding hydrogens is 444 g/mol. The number of nitrogens with zero attached hydrogens (tertiary/aromatic N) is 2. The van der Waals surface area contributed by atoms with E-state index in [1.54, 1.807) is 31.3 Å². The van der Waals surface area contributed by atoms with Gasteiger partial charge in [-0.3, -0.25) is 14.5 Å². The first-order chi connectivity index (χ1) is 15.9. The molecule has 1 aliphatic rings. The molecule has 0 saturated carbocycles. The zero-order valence-corrected chi connectivity index (χ0v) is 19.5. The van der Waals surface area contributed by atoms with Gasteiger partial charge in [-0.2, -0.15) is 0 Å². The number of aliphatic imine (C=N–C) groups is 1. The minimum atomic E-state index is -0.572. The second-order valence-electron chi connectivity index (χ2n) is 6.56. The van der Waals surface area contributed by atoms with Gasteiger partial charge in [-0.15, -0.1) is 0 Å². The van der Waals surface area contributed by atoms with Crippen molar-refractivity contribution >= 4 is 53.0 Å². The molecule has 2 amide bonds. The zero-order valence-electron chi connectivity index (χ0n) is 18.7. The molecule has 0 bridgehead atoms. The quantitative estimate of drug-likeness (QED) is 0.568. The van der Waals surface area contributed by atoms with Crippen LogP contribution in [0.3, 0.4) is 0 Å². The Morgan fingerprint density at radius 3 is 2.48 bits per heavy atom. The van der Waals surface area contributed by atoms with Gasteiger partial charge in [0.05, 0.1) is 17.2 Å². The smallest absolute Gasteiger partial charge is 0.266 e. The van der Waals surface area contributed by atoms with Crippen LogP contribution >= 0.6 is 11.8 Å². The van der Waals surface area contributed by atoms with E-state index in [1.807, 2.05) is 45.0 Å². The number of primary amides is 1. The Balaban J connectivity index is 0.00000187. The van der Waals surface area contributed by atoms with Gasteiger partial charge < -0.3 is 25.3 Å². The van der Waals surface area contributed by atoms with Crippen molar-refractivity contribution in [2.75, 3.05) is 32.6 Å². The number of benzene rings is 2. The number of amidine groups is 1. The Morgan fingerprint density at radius 1 is 1.18 bits per heavy atom. The molecule has 0 radical (unpaired) electrons. The maximum Gasteiger partial charge on any atom is 0.266 e. The van der Waals surface area contributed by atoms with Gasteiger partial charge in [-0.05, 0) is 66.7 Å². The minimum Gasteiger partial charge on any atom is -0.490 e. The lowest BCUT2D eigenvalue weighted by molar-refractivity contribution is -0.121. The molecule has 174 valence electrons. The van der Waals surface area contributed by atoms with Crippen molar-refractivity contribution in [1.29, 1.82) is 0 Å². The highest BCUT2D eigenvalue weighted by atomic mass is 32.2. The molecule has 1 fully saturated rings. The molecule has 0 unspecified atom stereocenters. The van der Waals surface area contributed by atoms with Gasteiger partial charge in [0.2, 0.25) is 0 Å². The first-order valence-electron chi connectivity index (χ1n) is 9.92. The SMILES string of the molecule is C=O.CCOc1cc(C=C2SC(=Nc3ccc(NC)cc3)N(C)C2=O)ccc1OCC(N)=O. The van der Waals surface area contributed by atoms with Crippen LogP contribution in [0.4, 0.5) is 11.4 Å². The maximum absolute atomic E-state index is 12.7. The molecule has 2 aromatic rings. The summed E-state index contributed by atoms with van der Waals surface area (Å²) in [7, 11) is 3.55. The van der Waals surface area contributed by atoms with E-state index in [-0.39, 0.29) is 12.5 Å². The van der Waals surface area contributed by atoms with E-state index >= 15 is 0 Å². The average Bonchev–Trinajstić information content (AvgIpc) is 3.08. The summed E-state index contributed by atoms with van der Waals surface area (Å²) in [6, 6.07) is 12.9. The summed E-state index contributed by atoms with van der Waals surface area (Å²) in [6.45, 7) is 4.03. The first-order valence-corrected chi connectivity index (χ1v) is 10.7. The number of carbonyl (C=O) groups excluding carboxylic acids is 3. The van der Waals surface area contributed by atoms with Gasteiger partial charge in [0.15, 0.2) is 23.3 Å². The summed E-state index contributed by atoms with van der Waals surface area (Å²) in [5, 5.41) is 3.66. The van der Waals surface area contributed by atoms with E-state index in [0.29, 0.717) is 28.2 Å². The summed E-state index contributed by atoms with van der Waals surface area (Å²) in [6.07, 6.45) is 1.77. The minimum absolute atomic E-state index is 0.136. The summed E-state index contributed by atoms with van der Waals surface area (Å²) >= 11 is 1.30. The van der Waals surface area contributed by atoms with E-state index in [0.717, 1.165) is 16.9 Å². The number of anilines is 1. The van der Waals surface area contributed by atoms with Gasteiger partial charge >= 0.3 is 0 Å². The average molecular weight is 471 g/mol. The summed E-state index contributed by atoms with van der Waals surface area (Å²) < 4.78 is 11.0. The highest BCUT2D eigenvalue weighted by Gasteiger charge is 2.30. The van der Waals surface area contributed by atoms with Crippen molar-refractivity contribution in [3.63, 3.8) is 0 Å². The molecule has 1 aliphatic heterocycles. The van der Waals surface area contributed by atoms with Crippen molar-refractivity contribution < 1.29 is 23.9 Å². The van der Waals surface area contributed by atoms with Gasteiger partial charge in [0.25, 0.3) is 11.8 Å². The van der Waals surface area contributed by atoms with E-state index in [1.165, 1.54) is 16.7 Å². The van der Waals surface area contributed by atoms with Crippen LogP contribution in [0.5, 0.6) is 11.5 Å². The molecule has 9 nitrogen and oxygen atoms in total. The largest absolute Gasteiger partial charge is 0.490 e. The van der Waals surface area contributed by atoms with E-state index in [4.69, 9.17) is 20.0 Å². The van der Waals surface area contributed by atoms with Crippen LogP contribution in [0.25, 0.3) is 6.08 Å². The number of amides is 2. The molecule has 0 aliphatic carbocycles. The highest BCUT2D eigenvalue weighted by Crippen LogP contribution is 2.35. The van der Waals surface area contributed by atoms with Crippen molar-refractivity contribution in [1.82, 2.24) is 4.90 Å². The Labute approximate surface area is 196 Å². The number of likely N-dealkylation sites (N-methyl/N-ethyl adjacent to an activating group) is 1. The fraction of sp³-hybridized carbons (Fsp3) is 0.217. The number of ether oxygens (including phenoxy) is 2. The third-order valence-electron chi connectivity index (χ3n) is 4.32. The summed E-state index contributed by atoms with van der Waals surface area (Å²) in [5.41, 5.74) is 7.65. The topological polar surface area (TPSA) is 123 Å². The van der Waals surface area contributed by atoms with Crippen LogP contribution in [0, 0.1) is 0 Å². The number of hydrogen-bond donors (Lipinski definition) is 2. The van der Waals surface area contributed by atoms with Crippen LogP contribution in [-0.2, 0) is 14.4 Å². The molecule has 1 saturated heterocycles. The van der Waals surface area contributed by atoms with Crippen molar-refractivity contribution in [2.24, 2.45) is 10.7 Å². The summed E-state index contributed by atoms with van der Waals surface area (Å²) in [4.78, 5) is 38.3. The predicted molar refractivity (Wildman–Crippen MR) is 131 cm³/mol. The Kier molecular flexibility index (Phi) is 9.49. The van der Waals surface area contributed by atoms with Crippen molar-refractivity contribution in [3.8, 4) is 11.5 Å². The fourth-order valence-corrected chi connectivity index (χ4v) is 3.75. The van der Waals surface area contributed by atoms with Crippen LogP contribution in [0.2, 0.25) is 0 Å². The first kappa shape index (κ1) is 25.5. The Bertz CT molecular complexity index is 1050. The predicted octanol–water partition coefficient (Wildman–Crippen LogP) is 3.04. The third-order valence-corrected chi connectivity index (χ3v) is 5.38. The molecule has 2 aromatic carbocycles. The molecule has 0 atom stereocenters. The van der Waals surface area contributed by atoms with Gasteiger partial charge in [0, 0.05) is 19.8 Å². The number of thioether (sulfide) groups is 1. The van der Waals surface area contributed by atoms with Crippen LogP contribution in [-0.4, -0.2) is 56.0 Å². The Hall–Kier alpha value is -3.79. The summed E-state index contributed by atoms with van der Waals surface area (Å²) in [5.74, 6) is 0.178. The molecule has 33 heavy (non-hydrogen) atoms. The molecule has 10 heteroatoms. The van der Waals surface area contributed by atoms with Crippen LogP contribution < -0.4 is 20.5 Å². The van der Waals surface area contributed by atoms with Crippen LogP contribution in [0.1, 0.15) is 12.5 Å². The van der Waals surface area contributed by atoms with Gasteiger partial charge in [-0.25, -0.2) is 4.99 Å². The highest BCUT2D eigenvalue weighted by molar-refractivity contribution is 8.18. The zero-order chi connectivity index (χ0) is 24.4. The van der Waals surface area contributed by atoms with E-state index in [2.05, 4.69) is 10.3 Å². The number of nitrogens with one attached hydrogen (secondary N) is 1. The lowest BCUT2D eigenvalue weighted by atomic mass is 10.2. The maximum atomic E-state index is 12.7. The monoisotopic (exact) mass is 470 g/mol. The lowest BCUT2D eigenvalue weighted by Gasteiger charge is -2.11. The van der Waals surface area contributed by atoms with Crippen molar-refractivity contribution in [2.45, 2.75) is 6.92 Å². The van der Waals surface area contributed by atoms with E-state index in [9.17, 15) is 9.59 Å². The van der Waals surface area contributed by atoms with Gasteiger partial charge in [0.1, 0.15) is 6.79 Å². The molecule has 0 aromatic heterocycles. The molecule has 0 spiro atoms. The molecular formula is C23H26N4O5S. The number of hydrogen-bond acceptors (Lipinski definition) is 8. The lowest BCUT2D eigenvalue weighted by Crippen LogP contribution is -2.23. The normalized spacial score (nSPS) is 15.2. The third kappa shape index (κ3) is 6.84.